The van der Waals surface area contributed by atoms with E-state index in [0.717, 1.165) is 5.92 Å². The maximum Gasteiger partial charge on any atom is -0.0305 e. The van der Waals surface area contributed by atoms with Gasteiger partial charge in [-0.1, -0.05) is 53.9 Å². The second-order valence-electron chi connectivity index (χ2n) is 3.67. The monoisotopic (exact) mass is 142 g/mol. The van der Waals surface area contributed by atoms with Gasteiger partial charge in [-0.15, -0.1) is 0 Å². The molecule has 0 N–H and O–H groups in total. The van der Waals surface area contributed by atoms with Crippen molar-refractivity contribution in [3.05, 3.63) is 0 Å². The second kappa shape index (κ2) is 4.00. The quantitative estimate of drug-likeness (QED) is 0.559. The third-order valence-corrected chi connectivity index (χ3v) is 3.42. The Morgan fingerprint density at radius 2 is 1.50 bits per heavy atom. The molecule has 0 heterocycles. The second-order valence-corrected chi connectivity index (χ2v) is 3.67. The molecule has 1 unspecified atom stereocenters. The van der Waals surface area contributed by atoms with Crippen LogP contribution in [0.15, 0.2) is 0 Å². The molecule has 0 bridgehead atoms. The SMILES string of the molecule is CCC(C)C(C)(CC)CC. The Hall–Kier alpha value is 0. The molecule has 0 fully saturated rings. The maximum atomic E-state index is 2.40. The molecule has 0 aliphatic heterocycles. The van der Waals surface area contributed by atoms with Gasteiger partial charge in [0.15, 0.2) is 0 Å². The first kappa shape index (κ1) is 10.0. The minimum atomic E-state index is 0.592. The molecule has 0 spiro atoms. The van der Waals surface area contributed by atoms with Gasteiger partial charge in [-0.2, -0.15) is 0 Å². The van der Waals surface area contributed by atoms with Gasteiger partial charge >= 0.3 is 0 Å². The Balaban J connectivity index is 4.02. The lowest BCUT2D eigenvalue weighted by Gasteiger charge is -2.33. The van der Waals surface area contributed by atoms with Crippen LogP contribution in [-0.2, 0) is 0 Å². The molecule has 0 amide bonds. The largest absolute Gasteiger partial charge is 0.0651 e. The summed E-state index contributed by atoms with van der Waals surface area (Å²) in [7, 11) is 0. The molecule has 0 radical (unpaired) electrons. The first-order valence-electron chi connectivity index (χ1n) is 4.60. The molecule has 0 saturated heterocycles. The minimum Gasteiger partial charge on any atom is -0.0651 e. The van der Waals surface area contributed by atoms with E-state index < -0.39 is 0 Å². The van der Waals surface area contributed by atoms with E-state index in [-0.39, 0.29) is 0 Å². The molecule has 62 valence electrons. The lowest BCUT2D eigenvalue weighted by molar-refractivity contribution is 0.179. The number of hydrogen-bond acceptors (Lipinski definition) is 0. The van der Waals surface area contributed by atoms with Crippen molar-refractivity contribution >= 4 is 0 Å². The van der Waals surface area contributed by atoms with Gasteiger partial charge in [-0.05, 0) is 11.3 Å². The van der Waals surface area contributed by atoms with Crippen molar-refractivity contribution in [2.75, 3.05) is 0 Å². The predicted molar refractivity (Wildman–Crippen MR) is 48.1 cm³/mol. The van der Waals surface area contributed by atoms with Crippen LogP contribution < -0.4 is 0 Å². The van der Waals surface area contributed by atoms with E-state index in [9.17, 15) is 0 Å². The molecule has 0 aromatic rings. The fourth-order valence-corrected chi connectivity index (χ4v) is 1.44. The predicted octanol–water partition coefficient (Wildman–Crippen LogP) is 3.86. The number of rotatable bonds is 4. The van der Waals surface area contributed by atoms with Crippen molar-refractivity contribution in [1.29, 1.82) is 0 Å². The van der Waals surface area contributed by atoms with Crippen molar-refractivity contribution < 1.29 is 0 Å². The van der Waals surface area contributed by atoms with E-state index >= 15 is 0 Å². The van der Waals surface area contributed by atoms with E-state index in [1.807, 2.05) is 0 Å². The van der Waals surface area contributed by atoms with Gasteiger partial charge in [-0.25, -0.2) is 0 Å². The van der Waals surface area contributed by atoms with Crippen LogP contribution in [0.25, 0.3) is 0 Å². The molecule has 0 rings (SSSR count). The van der Waals surface area contributed by atoms with Gasteiger partial charge in [0, 0.05) is 0 Å². The van der Waals surface area contributed by atoms with Crippen molar-refractivity contribution in [3.8, 4) is 0 Å². The van der Waals surface area contributed by atoms with Gasteiger partial charge in [0.2, 0.25) is 0 Å². The Morgan fingerprint density at radius 1 is 1.10 bits per heavy atom. The molecule has 0 aliphatic rings. The fraction of sp³-hybridized carbons (Fsp3) is 1.00. The molecule has 0 aliphatic carbocycles. The minimum absolute atomic E-state index is 0.592. The molecule has 0 nitrogen and oxygen atoms in total. The zero-order chi connectivity index (χ0) is 8.20. The van der Waals surface area contributed by atoms with Crippen LogP contribution in [-0.4, -0.2) is 0 Å². The van der Waals surface area contributed by atoms with E-state index in [1.54, 1.807) is 0 Å². The summed E-state index contributed by atoms with van der Waals surface area (Å²) in [4.78, 5) is 0. The number of hydrogen-bond donors (Lipinski definition) is 0. The normalized spacial score (nSPS) is 15.3. The van der Waals surface area contributed by atoms with E-state index in [4.69, 9.17) is 0 Å². The highest BCUT2D eigenvalue weighted by atomic mass is 14.3. The van der Waals surface area contributed by atoms with Crippen LogP contribution >= 0.6 is 0 Å². The molecular weight excluding hydrogens is 120 g/mol. The van der Waals surface area contributed by atoms with E-state index in [1.165, 1.54) is 19.3 Å². The lowest BCUT2D eigenvalue weighted by atomic mass is 9.73. The summed E-state index contributed by atoms with van der Waals surface area (Å²) in [6, 6.07) is 0. The van der Waals surface area contributed by atoms with Crippen LogP contribution in [0.4, 0.5) is 0 Å². The standard InChI is InChI=1S/C10H22/c1-6-9(4)10(5,7-2)8-3/h9H,6-8H2,1-5H3. The fourth-order valence-electron chi connectivity index (χ4n) is 1.44. The molecule has 0 heteroatoms. The Morgan fingerprint density at radius 3 is 1.60 bits per heavy atom. The summed E-state index contributed by atoms with van der Waals surface area (Å²) in [6.45, 7) is 11.7. The summed E-state index contributed by atoms with van der Waals surface area (Å²) in [5.41, 5.74) is 0.592. The maximum absolute atomic E-state index is 2.40. The van der Waals surface area contributed by atoms with Gasteiger partial charge in [0.05, 0.1) is 0 Å². The van der Waals surface area contributed by atoms with Crippen molar-refractivity contribution in [2.24, 2.45) is 11.3 Å². The smallest absolute Gasteiger partial charge is 0.0305 e. The van der Waals surface area contributed by atoms with Gasteiger partial charge in [0.25, 0.3) is 0 Å². The van der Waals surface area contributed by atoms with Crippen molar-refractivity contribution in [2.45, 2.75) is 53.9 Å². The van der Waals surface area contributed by atoms with Crippen molar-refractivity contribution in [1.82, 2.24) is 0 Å². The highest BCUT2D eigenvalue weighted by molar-refractivity contribution is 4.75. The Labute approximate surface area is 66.0 Å². The average molecular weight is 142 g/mol. The summed E-state index contributed by atoms with van der Waals surface area (Å²) in [5.74, 6) is 0.877. The summed E-state index contributed by atoms with van der Waals surface area (Å²) in [5, 5.41) is 0. The molecule has 0 saturated carbocycles. The molecular formula is C10H22. The average Bonchev–Trinajstić information content (AvgIpc) is 2.01. The van der Waals surface area contributed by atoms with Gasteiger partial charge < -0.3 is 0 Å². The molecule has 0 aromatic heterocycles. The first-order chi connectivity index (χ1) is 4.60. The van der Waals surface area contributed by atoms with Crippen LogP contribution in [0.5, 0.6) is 0 Å². The van der Waals surface area contributed by atoms with Crippen LogP contribution in [0.1, 0.15) is 53.9 Å². The lowest BCUT2D eigenvalue weighted by Crippen LogP contribution is -2.22. The van der Waals surface area contributed by atoms with E-state index in [2.05, 4.69) is 34.6 Å². The van der Waals surface area contributed by atoms with Gasteiger partial charge in [-0.3, -0.25) is 0 Å². The van der Waals surface area contributed by atoms with Crippen LogP contribution in [0.2, 0.25) is 0 Å². The zero-order valence-corrected chi connectivity index (χ0v) is 8.20. The molecule has 0 aromatic carbocycles. The molecule has 10 heavy (non-hydrogen) atoms. The highest BCUT2D eigenvalue weighted by Gasteiger charge is 2.25. The molecule has 1 atom stereocenters. The first-order valence-corrected chi connectivity index (χ1v) is 4.60. The Kier molecular flexibility index (Phi) is 4.00. The Bertz CT molecular complexity index is 80.0. The van der Waals surface area contributed by atoms with Crippen LogP contribution in [0.3, 0.4) is 0 Å². The van der Waals surface area contributed by atoms with Crippen LogP contribution in [0, 0.1) is 11.3 Å². The zero-order valence-electron chi connectivity index (χ0n) is 8.20. The van der Waals surface area contributed by atoms with Crippen molar-refractivity contribution in [3.63, 3.8) is 0 Å². The topological polar surface area (TPSA) is 0 Å². The van der Waals surface area contributed by atoms with Gasteiger partial charge in [0.1, 0.15) is 0 Å². The highest BCUT2D eigenvalue weighted by Crippen LogP contribution is 2.35. The van der Waals surface area contributed by atoms with E-state index in [0.29, 0.717) is 5.41 Å². The summed E-state index contributed by atoms with van der Waals surface area (Å²) < 4.78 is 0. The third kappa shape index (κ3) is 2.00. The third-order valence-electron chi connectivity index (χ3n) is 3.42. The summed E-state index contributed by atoms with van der Waals surface area (Å²) >= 11 is 0. The summed E-state index contributed by atoms with van der Waals surface area (Å²) in [6.07, 6.45) is 3.95.